The summed E-state index contributed by atoms with van der Waals surface area (Å²) < 4.78 is 32.0. The Morgan fingerprint density at radius 3 is 2.28 bits per heavy atom. The number of ether oxygens (including phenoxy) is 1. The monoisotopic (exact) mass is 421 g/mol. The summed E-state index contributed by atoms with van der Waals surface area (Å²) >= 11 is 18.1. The summed E-state index contributed by atoms with van der Waals surface area (Å²) in [7, 11) is -3.82. The third kappa shape index (κ3) is 5.25. The number of halogens is 3. The molecule has 0 aliphatic carbocycles. The number of carbonyl (C=O) groups excluding carboxylic acids is 1. The molecule has 134 valence electrons. The minimum absolute atomic E-state index is 0.0689. The lowest BCUT2D eigenvalue weighted by Gasteiger charge is -2.12. The number of esters is 1. The van der Waals surface area contributed by atoms with Gasteiger partial charge in [-0.2, -0.15) is 0 Å². The first-order chi connectivity index (χ1) is 11.7. The van der Waals surface area contributed by atoms with Crippen molar-refractivity contribution < 1.29 is 17.9 Å². The van der Waals surface area contributed by atoms with Crippen LogP contribution in [0.15, 0.2) is 36.4 Å². The van der Waals surface area contributed by atoms with E-state index in [1.54, 1.807) is 25.1 Å². The first-order valence-electron chi connectivity index (χ1n) is 7.13. The van der Waals surface area contributed by atoms with Crippen molar-refractivity contribution in [2.75, 3.05) is 11.3 Å². The van der Waals surface area contributed by atoms with Crippen molar-refractivity contribution in [2.45, 2.75) is 12.7 Å². The van der Waals surface area contributed by atoms with Crippen molar-refractivity contribution >= 4 is 56.5 Å². The summed E-state index contributed by atoms with van der Waals surface area (Å²) in [5.74, 6) is -0.955. The van der Waals surface area contributed by atoms with Gasteiger partial charge < -0.3 is 4.74 Å². The van der Waals surface area contributed by atoms with Gasteiger partial charge in [-0.1, -0.05) is 40.9 Å². The highest BCUT2D eigenvalue weighted by Gasteiger charge is 2.18. The van der Waals surface area contributed by atoms with Gasteiger partial charge in [0.1, 0.15) is 0 Å². The molecule has 0 amide bonds. The number of nitrogens with one attached hydrogen (secondary N) is 1. The highest BCUT2D eigenvalue weighted by molar-refractivity contribution is 7.91. The first kappa shape index (κ1) is 19.8. The number of carbonyl (C=O) groups is 1. The molecule has 5 nitrogen and oxygen atoms in total. The number of anilines is 1. The van der Waals surface area contributed by atoms with Gasteiger partial charge in [0, 0.05) is 15.6 Å². The Labute approximate surface area is 160 Å². The second-order valence-corrected chi connectivity index (χ2v) is 7.92. The van der Waals surface area contributed by atoms with Crippen molar-refractivity contribution in [2.24, 2.45) is 0 Å². The third-order valence-corrected chi connectivity index (χ3v) is 5.36. The van der Waals surface area contributed by atoms with Gasteiger partial charge in [0.15, 0.2) is 0 Å². The Morgan fingerprint density at radius 1 is 1.08 bits per heavy atom. The highest BCUT2D eigenvalue weighted by atomic mass is 35.5. The Morgan fingerprint density at radius 2 is 1.72 bits per heavy atom. The molecule has 0 aliphatic rings. The van der Waals surface area contributed by atoms with Crippen LogP contribution in [0.1, 0.15) is 22.8 Å². The van der Waals surface area contributed by atoms with Crippen LogP contribution in [-0.4, -0.2) is 21.0 Å². The summed E-state index contributed by atoms with van der Waals surface area (Å²) in [5.41, 5.74) is 0.652. The number of rotatable bonds is 6. The van der Waals surface area contributed by atoms with E-state index in [9.17, 15) is 13.2 Å². The van der Waals surface area contributed by atoms with Crippen molar-refractivity contribution in [3.8, 4) is 0 Å². The second-order valence-electron chi connectivity index (χ2n) is 4.98. The Kier molecular flexibility index (Phi) is 6.57. The molecular weight excluding hydrogens is 409 g/mol. The summed E-state index contributed by atoms with van der Waals surface area (Å²) in [4.78, 5) is 11.7. The minimum atomic E-state index is -3.82. The third-order valence-electron chi connectivity index (χ3n) is 3.14. The Bertz CT molecular complexity index is 880. The lowest BCUT2D eigenvalue weighted by atomic mass is 10.2. The molecule has 0 aromatic heterocycles. The van der Waals surface area contributed by atoms with Gasteiger partial charge in [-0.25, -0.2) is 13.2 Å². The van der Waals surface area contributed by atoms with Crippen molar-refractivity contribution in [1.29, 1.82) is 0 Å². The summed E-state index contributed by atoms with van der Waals surface area (Å²) in [6.45, 7) is 1.91. The minimum Gasteiger partial charge on any atom is -0.462 e. The van der Waals surface area contributed by atoms with Crippen LogP contribution in [0.25, 0.3) is 0 Å². The van der Waals surface area contributed by atoms with Crippen LogP contribution in [0.3, 0.4) is 0 Å². The van der Waals surface area contributed by atoms with Crippen molar-refractivity contribution in [3.05, 3.63) is 62.6 Å². The summed E-state index contributed by atoms with van der Waals surface area (Å²) in [5, 5.41) is 0.572. The fourth-order valence-electron chi connectivity index (χ4n) is 2.00. The van der Waals surface area contributed by atoms with E-state index in [1.807, 2.05) is 0 Å². The second kappa shape index (κ2) is 8.27. The largest absolute Gasteiger partial charge is 0.462 e. The van der Waals surface area contributed by atoms with Crippen LogP contribution in [0.2, 0.25) is 15.1 Å². The van der Waals surface area contributed by atoms with Gasteiger partial charge in [-0.05, 0) is 37.3 Å². The van der Waals surface area contributed by atoms with E-state index in [4.69, 9.17) is 39.5 Å². The van der Waals surface area contributed by atoms with E-state index in [0.29, 0.717) is 0 Å². The molecule has 0 fully saturated rings. The van der Waals surface area contributed by atoms with Gasteiger partial charge in [0.05, 0.1) is 28.6 Å². The summed E-state index contributed by atoms with van der Waals surface area (Å²) in [6, 6.07) is 8.88. The van der Waals surface area contributed by atoms with Gasteiger partial charge in [-0.3, -0.25) is 4.72 Å². The lowest BCUT2D eigenvalue weighted by Crippen LogP contribution is -2.16. The molecule has 0 bridgehead atoms. The SMILES string of the molecule is CCOC(=O)c1ccc(NS(=O)(=O)Cc2c(Cl)cccc2Cl)c(Cl)c1. The van der Waals surface area contributed by atoms with E-state index in [1.165, 1.54) is 18.2 Å². The molecule has 0 saturated carbocycles. The fourth-order valence-corrected chi connectivity index (χ4v) is 4.25. The average molecular weight is 423 g/mol. The first-order valence-corrected chi connectivity index (χ1v) is 9.92. The van der Waals surface area contributed by atoms with E-state index >= 15 is 0 Å². The normalized spacial score (nSPS) is 11.2. The predicted molar refractivity (Wildman–Crippen MR) is 100 cm³/mol. The van der Waals surface area contributed by atoms with Crippen molar-refractivity contribution in [1.82, 2.24) is 0 Å². The highest BCUT2D eigenvalue weighted by Crippen LogP contribution is 2.29. The molecule has 0 heterocycles. The van der Waals surface area contributed by atoms with Crippen LogP contribution in [0, 0.1) is 0 Å². The fraction of sp³-hybridized carbons (Fsp3) is 0.188. The molecule has 0 spiro atoms. The van der Waals surface area contributed by atoms with E-state index < -0.39 is 21.7 Å². The number of benzene rings is 2. The lowest BCUT2D eigenvalue weighted by molar-refractivity contribution is 0.0526. The molecule has 2 rings (SSSR count). The Balaban J connectivity index is 2.22. The van der Waals surface area contributed by atoms with Gasteiger partial charge in [0.25, 0.3) is 0 Å². The number of sulfonamides is 1. The number of hydrogen-bond donors (Lipinski definition) is 1. The molecule has 2 aromatic carbocycles. The molecule has 1 N–H and O–H groups in total. The van der Waals surface area contributed by atoms with Gasteiger partial charge in [0.2, 0.25) is 10.0 Å². The maximum Gasteiger partial charge on any atom is 0.338 e. The van der Waals surface area contributed by atoms with Crippen LogP contribution >= 0.6 is 34.8 Å². The van der Waals surface area contributed by atoms with Crippen LogP contribution < -0.4 is 4.72 Å². The quantitative estimate of drug-likeness (QED) is 0.681. The number of hydrogen-bond acceptors (Lipinski definition) is 4. The van der Waals surface area contributed by atoms with Crippen LogP contribution in [0.5, 0.6) is 0 Å². The molecule has 0 unspecified atom stereocenters. The average Bonchev–Trinajstić information content (AvgIpc) is 2.53. The van der Waals surface area contributed by atoms with Crippen molar-refractivity contribution in [3.63, 3.8) is 0 Å². The predicted octanol–water partition coefficient (Wildman–Crippen LogP) is 4.77. The molecular formula is C16H14Cl3NO4S. The van der Waals surface area contributed by atoms with E-state index in [-0.39, 0.29) is 38.5 Å². The van der Waals surface area contributed by atoms with Gasteiger partial charge >= 0.3 is 5.97 Å². The molecule has 0 saturated heterocycles. The molecule has 0 radical (unpaired) electrons. The van der Waals surface area contributed by atoms with Gasteiger partial charge in [-0.15, -0.1) is 0 Å². The topological polar surface area (TPSA) is 72.5 Å². The molecule has 25 heavy (non-hydrogen) atoms. The summed E-state index contributed by atoms with van der Waals surface area (Å²) in [6.07, 6.45) is 0. The zero-order chi connectivity index (χ0) is 18.6. The molecule has 2 aromatic rings. The van der Waals surface area contributed by atoms with Crippen LogP contribution in [0.4, 0.5) is 5.69 Å². The van der Waals surface area contributed by atoms with E-state index in [2.05, 4.69) is 4.72 Å². The molecule has 0 atom stereocenters. The molecule has 0 aliphatic heterocycles. The van der Waals surface area contributed by atoms with E-state index in [0.717, 1.165) is 0 Å². The zero-order valence-corrected chi connectivity index (χ0v) is 16.1. The maximum absolute atomic E-state index is 12.4. The standard InChI is InChI=1S/C16H14Cl3NO4S/c1-2-24-16(21)10-6-7-15(14(19)8-10)20-25(22,23)9-11-12(17)4-3-5-13(11)18/h3-8,20H,2,9H2,1H3. The maximum atomic E-state index is 12.4. The Hall–Kier alpha value is -1.47. The van der Waals surface area contributed by atoms with Crippen LogP contribution in [-0.2, 0) is 20.5 Å². The zero-order valence-electron chi connectivity index (χ0n) is 13.1. The molecule has 9 heteroatoms. The smallest absolute Gasteiger partial charge is 0.338 e.